The molecule has 3 rings (SSSR count). The van der Waals surface area contributed by atoms with Crippen LogP contribution in [0.1, 0.15) is 24.1 Å². The van der Waals surface area contributed by atoms with Crippen LogP contribution in [-0.4, -0.2) is 30.5 Å². The molecular weight excluding hydrogens is 386 g/mol. The second-order valence-electron chi connectivity index (χ2n) is 6.43. The zero-order chi connectivity index (χ0) is 18.5. The van der Waals surface area contributed by atoms with Crippen LogP contribution in [0.3, 0.4) is 0 Å². The molecule has 1 aromatic heterocycles. The van der Waals surface area contributed by atoms with Crippen molar-refractivity contribution in [1.29, 1.82) is 0 Å². The Kier molecular flexibility index (Phi) is 7.77. The minimum absolute atomic E-state index is 0. The fraction of sp³-hybridized carbons (Fsp3) is 0.421. The number of rotatable bonds is 6. The second-order valence-corrected chi connectivity index (χ2v) is 7.52. The van der Waals surface area contributed by atoms with Crippen LogP contribution in [0, 0.1) is 11.8 Å². The monoisotopic (exact) mass is 409 g/mol. The molecule has 0 aliphatic heterocycles. The first-order chi connectivity index (χ1) is 12.6. The number of carbonyl (C=O) groups is 2. The topological polar surface area (TPSA) is 94.3 Å². The number of thiazole rings is 1. The summed E-state index contributed by atoms with van der Waals surface area (Å²) in [6.45, 7) is 0.527. The average molecular weight is 410 g/mol. The summed E-state index contributed by atoms with van der Waals surface area (Å²) in [4.78, 5) is 29.7. The van der Waals surface area contributed by atoms with Crippen LogP contribution >= 0.6 is 23.7 Å². The number of benzene rings is 1. The molecule has 1 aliphatic carbocycles. The van der Waals surface area contributed by atoms with Gasteiger partial charge >= 0.3 is 5.97 Å². The van der Waals surface area contributed by atoms with Crippen molar-refractivity contribution in [2.45, 2.75) is 25.7 Å². The first-order valence-electron chi connectivity index (χ1n) is 8.75. The van der Waals surface area contributed by atoms with Crippen LogP contribution in [0.25, 0.3) is 11.3 Å². The smallest absolute Gasteiger partial charge is 0.310 e. The quantitative estimate of drug-likeness (QED) is 0.714. The van der Waals surface area contributed by atoms with E-state index in [1.54, 1.807) is 0 Å². The molecule has 0 radical (unpaired) electrons. The number of carbonyl (C=O) groups excluding carboxylic acids is 2. The van der Waals surface area contributed by atoms with Crippen LogP contribution in [-0.2, 0) is 20.7 Å². The lowest BCUT2D eigenvalue weighted by molar-refractivity contribution is -0.139. The molecule has 1 amide bonds. The van der Waals surface area contributed by atoms with E-state index in [1.807, 2.05) is 30.3 Å². The first kappa shape index (κ1) is 21.3. The van der Waals surface area contributed by atoms with Crippen molar-refractivity contribution in [2.75, 3.05) is 19.0 Å². The maximum atomic E-state index is 12.6. The standard InChI is InChI=1S/C19H23N3O3S.ClH/c1-25-16(23)10-15-17(12-6-3-2-4-7-12)21-19(26-15)22-18(24)14-9-5-8-13(14)11-20;/h2-4,6-7,13-14H,5,8-11,20H2,1H3,(H,21,22,24);1H/t13-,14-;/m1./s1. The van der Waals surface area contributed by atoms with Crippen molar-refractivity contribution in [2.24, 2.45) is 17.6 Å². The number of hydrogen-bond acceptors (Lipinski definition) is 6. The second kappa shape index (κ2) is 9.82. The third kappa shape index (κ3) is 5.06. The molecule has 3 N–H and O–H groups in total. The van der Waals surface area contributed by atoms with E-state index in [-0.39, 0.29) is 42.5 Å². The molecule has 8 heteroatoms. The number of aromatic nitrogens is 1. The van der Waals surface area contributed by atoms with Gasteiger partial charge in [-0.2, -0.15) is 0 Å². The van der Waals surface area contributed by atoms with Crippen LogP contribution in [0.2, 0.25) is 0 Å². The Labute approximate surface area is 168 Å². The number of nitrogens with one attached hydrogen (secondary N) is 1. The minimum Gasteiger partial charge on any atom is -0.469 e. The summed E-state index contributed by atoms with van der Waals surface area (Å²) in [7, 11) is 1.36. The number of methoxy groups -OCH3 is 1. The lowest BCUT2D eigenvalue weighted by Gasteiger charge is -2.16. The molecule has 1 aliphatic rings. The molecule has 1 aromatic carbocycles. The van der Waals surface area contributed by atoms with E-state index in [0.717, 1.165) is 29.7 Å². The highest BCUT2D eigenvalue weighted by molar-refractivity contribution is 7.16. The Hall–Kier alpha value is -1.96. The third-order valence-corrected chi connectivity index (χ3v) is 5.78. The van der Waals surface area contributed by atoms with E-state index in [1.165, 1.54) is 18.4 Å². The number of ether oxygens (including phenoxy) is 1. The minimum atomic E-state index is -0.331. The van der Waals surface area contributed by atoms with Crippen molar-refractivity contribution in [1.82, 2.24) is 4.98 Å². The van der Waals surface area contributed by atoms with Gasteiger partial charge in [-0.25, -0.2) is 4.98 Å². The highest BCUT2D eigenvalue weighted by Gasteiger charge is 2.32. The number of hydrogen-bond donors (Lipinski definition) is 2. The van der Waals surface area contributed by atoms with Gasteiger partial charge in [-0.15, -0.1) is 23.7 Å². The van der Waals surface area contributed by atoms with Crippen molar-refractivity contribution in [3.8, 4) is 11.3 Å². The summed E-state index contributed by atoms with van der Waals surface area (Å²) >= 11 is 1.32. The Balaban J connectivity index is 0.00000261. The van der Waals surface area contributed by atoms with Gasteiger partial charge in [0.05, 0.1) is 19.2 Å². The van der Waals surface area contributed by atoms with Crippen LogP contribution in [0.4, 0.5) is 5.13 Å². The molecule has 0 unspecified atom stereocenters. The Morgan fingerprint density at radius 3 is 2.70 bits per heavy atom. The molecule has 1 saturated carbocycles. The fourth-order valence-corrected chi connectivity index (χ4v) is 4.38. The predicted molar refractivity (Wildman–Crippen MR) is 109 cm³/mol. The summed E-state index contributed by atoms with van der Waals surface area (Å²) in [6.07, 6.45) is 3.01. The number of anilines is 1. The summed E-state index contributed by atoms with van der Waals surface area (Å²) in [5.41, 5.74) is 7.40. The van der Waals surface area contributed by atoms with Gasteiger partial charge in [-0.05, 0) is 25.3 Å². The number of amides is 1. The highest BCUT2D eigenvalue weighted by Crippen LogP contribution is 2.35. The molecule has 2 atom stereocenters. The highest BCUT2D eigenvalue weighted by atomic mass is 35.5. The average Bonchev–Trinajstić information content (AvgIpc) is 3.29. The van der Waals surface area contributed by atoms with Crippen molar-refractivity contribution >= 4 is 40.8 Å². The number of esters is 1. The van der Waals surface area contributed by atoms with E-state index in [0.29, 0.717) is 17.4 Å². The van der Waals surface area contributed by atoms with E-state index in [9.17, 15) is 9.59 Å². The number of nitrogens with zero attached hydrogens (tertiary/aromatic N) is 1. The Morgan fingerprint density at radius 1 is 1.30 bits per heavy atom. The van der Waals surface area contributed by atoms with Gasteiger partial charge in [0.15, 0.2) is 5.13 Å². The molecule has 0 saturated heterocycles. The molecule has 27 heavy (non-hydrogen) atoms. The number of nitrogens with two attached hydrogens (primary N) is 1. The summed E-state index contributed by atoms with van der Waals surface area (Å²) in [6, 6.07) is 9.62. The molecule has 6 nitrogen and oxygen atoms in total. The van der Waals surface area contributed by atoms with Crippen molar-refractivity contribution in [3.63, 3.8) is 0 Å². The van der Waals surface area contributed by atoms with Gasteiger partial charge in [0.2, 0.25) is 5.91 Å². The van der Waals surface area contributed by atoms with E-state index in [2.05, 4.69) is 10.3 Å². The molecule has 2 aromatic rings. The molecule has 0 bridgehead atoms. The molecular formula is C19H24ClN3O3S. The zero-order valence-electron chi connectivity index (χ0n) is 15.1. The molecule has 146 valence electrons. The van der Waals surface area contributed by atoms with E-state index < -0.39 is 0 Å². The Bertz CT molecular complexity index is 782. The van der Waals surface area contributed by atoms with Gasteiger partial charge in [0.1, 0.15) is 0 Å². The maximum Gasteiger partial charge on any atom is 0.310 e. The third-order valence-electron chi connectivity index (χ3n) is 4.81. The lowest BCUT2D eigenvalue weighted by Crippen LogP contribution is -2.29. The van der Waals surface area contributed by atoms with Crippen LogP contribution in [0.5, 0.6) is 0 Å². The van der Waals surface area contributed by atoms with E-state index >= 15 is 0 Å². The largest absolute Gasteiger partial charge is 0.469 e. The van der Waals surface area contributed by atoms with Crippen molar-refractivity contribution in [3.05, 3.63) is 35.2 Å². The number of halogens is 1. The summed E-state index contributed by atoms with van der Waals surface area (Å²) in [5, 5.41) is 3.44. The van der Waals surface area contributed by atoms with Gasteiger partial charge in [0, 0.05) is 16.4 Å². The SMILES string of the molecule is COC(=O)Cc1sc(NC(=O)[C@@H]2CCC[C@@H]2CN)nc1-c1ccccc1.Cl. The summed E-state index contributed by atoms with van der Waals surface area (Å²) in [5.74, 6) is -0.190. The van der Waals surface area contributed by atoms with Gasteiger partial charge in [-0.3, -0.25) is 9.59 Å². The predicted octanol–water partition coefficient (Wildman–Crippen LogP) is 3.26. The fourth-order valence-electron chi connectivity index (χ4n) is 3.41. The van der Waals surface area contributed by atoms with E-state index in [4.69, 9.17) is 10.5 Å². The summed E-state index contributed by atoms with van der Waals surface area (Å²) < 4.78 is 4.78. The molecule has 1 heterocycles. The molecule has 0 spiro atoms. The molecule has 1 fully saturated rings. The normalized spacial score (nSPS) is 18.6. The van der Waals surface area contributed by atoms with Crippen LogP contribution in [0.15, 0.2) is 30.3 Å². The Morgan fingerprint density at radius 2 is 2.04 bits per heavy atom. The van der Waals surface area contributed by atoms with Gasteiger partial charge in [0.25, 0.3) is 0 Å². The van der Waals surface area contributed by atoms with Crippen molar-refractivity contribution < 1.29 is 14.3 Å². The van der Waals surface area contributed by atoms with Crippen LogP contribution < -0.4 is 11.1 Å². The maximum absolute atomic E-state index is 12.6. The zero-order valence-corrected chi connectivity index (χ0v) is 16.8. The lowest BCUT2D eigenvalue weighted by atomic mass is 9.95. The first-order valence-corrected chi connectivity index (χ1v) is 9.57. The van der Waals surface area contributed by atoms with Gasteiger partial charge in [-0.1, -0.05) is 36.8 Å². The van der Waals surface area contributed by atoms with Gasteiger partial charge < -0.3 is 15.8 Å².